The Morgan fingerprint density at radius 2 is 1.76 bits per heavy atom. The summed E-state index contributed by atoms with van der Waals surface area (Å²) in [5.74, 6) is -0.686. The Kier molecular flexibility index (Phi) is 8.37. The van der Waals surface area contributed by atoms with Crippen LogP contribution in [-0.2, 0) is 14.8 Å². The number of nitrogens with zero attached hydrogens (tertiary/aromatic N) is 3. The van der Waals surface area contributed by atoms with Gasteiger partial charge >= 0.3 is 0 Å². The van der Waals surface area contributed by atoms with Gasteiger partial charge in [-0.3, -0.25) is 14.9 Å². The summed E-state index contributed by atoms with van der Waals surface area (Å²) in [5.41, 5.74) is 6.01. The number of benzene rings is 4. The van der Waals surface area contributed by atoms with Crippen LogP contribution < -0.4 is 15.0 Å². The van der Waals surface area contributed by atoms with Gasteiger partial charge < -0.3 is 5.32 Å². The van der Waals surface area contributed by atoms with Crippen LogP contribution >= 0.6 is 0 Å². The molecule has 234 valence electrons. The minimum atomic E-state index is -4.35. The molecule has 4 aromatic rings. The number of allylic oxidation sites excluding steroid dienone is 2. The SMILES string of the molecule is C/C(=N\NC(=O)CN(c1ccccc1[N+](=O)[O-])S(=O)(=O)c1ccccc1)c1ccc2c(c1)C1C=CCC1[C@H](c1ccc(F)cc1)N2. The van der Waals surface area contributed by atoms with Gasteiger partial charge in [-0.1, -0.05) is 60.7 Å². The van der Waals surface area contributed by atoms with Crippen molar-refractivity contribution in [3.8, 4) is 0 Å². The number of fused-ring (bicyclic) bond motifs is 3. The lowest BCUT2D eigenvalue weighted by atomic mass is 9.76. The number of amides is 1. The molecule has 1 amide bonds. The van der Waals surface area contributed by atoms with Gasteiger partial charge in [0.15, 0.2) is 0 Å². The number of nitro benzene ring substituents is 1. The predicted octanol–water partition coefficient (Wildman–Crippen LogP) is 6.30. The Labute approximate surface area is 265 Å². The second kappa shape index (κ2) is 12.6. The van der Waals surface area contributed by atoms with Crippen LogP contribution in [0.15, 0.2) is 119 Å². The molecule has 1 aliphatic carbocycles. The lowest BCUT2D eigenvalue weighted by Gasteiger charge is -2.37. The maximum Gasteiger partial charge on any atom is 0.293 e. The first-order chi connectivity index (χ1) is 22.1. The first-order valence-corrected chi connectivity index (χ1v) is 16.0. The summed E-state index contributed by atoms with van der Waals surface area (Å²) in [4.78, 5) is 24.1. The second-order valence-corrected chi connectivity index (χ2v) is 13.0. The maximum atomic E-state index is 13.6. The monoisotopic (exact) mass is 639 g/mol. The van der Waals surface area contributed by atoms with Crippen molar-refractivity contribution in [1.82, 2.24) is 5.43 Å². The van der Waals surface area contributed by atoms with Gasteiger partial charge in [-0.15, -0.1) is 0 Å². The molecule has 0 saturated heterocycles. The molecule has 0 bridgehead atoms. The Bertz CT molecular complexity index is 1970. The first-order valence-electron chi connectivity index (χ1n) is 14.6. The summed E-state index contributed by atoms with van der Waals surface area (Å²) in [6, 6.07) is 25.2. The zero-order chi connectivity index (χ0) is 32.4. The van der Waals surface area contributed by atoms with Crippen LogP contribution in [0.2, 0.25) is 0 Å². The van der Waals surface area contributed by atoms with Crippen molar-refractivity contribution in [2.45, 2.75) is 30.2 Å². The zero-order valence-corrected chi connectivity index (χ0v) is 25.5. The number of hydrazone groups is 1. The molecule has 12 heteroatoms. The van der Waals surface area contributed by atoms with Crippen molar-refractivity contribution >= 4 is 38.7 Å². The topological polar surface area (TPSA) is 134 Å². The highest BCUT2D eigenvalue weighted by atomic mass is 32.2. The molecule has 10 nitrogen and oxygen atoms in total. The van der Waals surface area contributed by atoms with E-state index >= 15 is 0 Å². The number of hydrogen-bond acceptors (Lipinski definition) is 7. The summed E-state index contributed by atoms with van der Waals surface area (Å²) in [6.45, 7) is 0.981. The van der Waals surface area contributed by atoms with E-state index in [-0.39, 0.29) is 34.3 Å². The third-order valence-corrected chi connectivity index (χ3v) is 10.1. The molecule has 6 rings (SSSR count). The molecule has 0 fully saturated rings. The third-order valence-electron chi connectivity index (χ3n) is 8.32. The second-order valence-electron chi connectivity index (χ2n) is 11.1. The summed E-state index contributed by atoms with van der Waals surface area (Å²) in [7, 11) is -4.35. The average Bonchev–Trinajstić information content (AvgIpc) is 3.57. The van der Waals surface area contributed by atoms with Crippen molar-refractivity contribution in [3.63, 3.8) is 0 Å². The number of carbonyl (C=O) groups excluding carboxylic acids is 1. The normalized spacial score (nSPS) is 18.7. The van der Waals surface area contributed by atoms with Gasteiger partial charge in [-0.05, 0) is 78.4 Å². The molecule has 3 atom stereocenters. The van der Waals surface area contributed by atoms with E-state index < -0.39 is 33.1 Å². The van der Waals surface area contributed by atoms with E-state index in [2.05, 4.69) is 28.0 Å². The van der Waals surface area contributed by atoms with Crippen LogP contribution in [0, 0.1) is 21.8 Å². The van der Waals surface area contributed by atoms with Gasteiger partial charge in [0.2, 0.25) is 0 Å². The molecule has 46 heavy (non-hydrogen) atoms. The van der Waals surface area contributed by atoms with Crippen LogP contribution in [0.1, 0.15) is 42.0 Å². The van der Waals surface area contributed by atoms with Crippen molar-refractivity contribution in [1.29, 1.82) is 0 Å². The highest BCUT2D eigenvalue weighted by Crippen LogP contribution is 2.50. The van der Waals surface area contributed by atoms with Crippen molar-refractivity contribution in [3.05, 3.63) is 142 Å². The molecule has 0 aromatic heterocycles. The van der Waals surface area contributed by atoms with Crippen LogP contribution in [-0.4, -0.2) is 31.5 Å². The fourth-order valence-corrected chi connectivity index (χ4v) is 7.50. The Balaban J connectivity index is 1.24. The number of nitrogens with one attached hydrogen (secondary N) is 2. The molecule has 2 N–H and O–H groups in total. The minimum absolute atomic E-state index is 0.0172. The van der Waals surface area contributed by atoms with Gasteiger partial charge in [-0.25, -0.2) is 22.5 Å². The largest absolute Gasteiger partial charge is 0.378 e. The number of rotatable bonds is 9. The van der Waals surface area contributed by atoms with Gasteiger partial charge in [0.05, 0.1) is 21.6 Å². The van der Waals surface area contributed by atoms with E-state index in [9.17, 15) is 27.7 Å². The summed E-state index contributed by atoms with van der Waals surface area (Å²) in [6.07, 6.45) is 5.21. The standard InChI is InChI=1S/C34H30FN5O5S/c1-22(24-16-19-30-29(20-24)27-10-7-11-28(27)34(36-30)23-14-17-25(35)18-15-23)37-38-33(41)21-39(31-12-5-6-13-32(31)40(42)43)46(44,45)26-8-3-2-4-9-26/h2-10,12-20,27-28,34,36H,11,21H2,1H3,(H,38,41)/b37-22+/t27?,28?,34-/m0/s1. The molecular weight excluding hydrogens is 609 g/mol. The fourth-order valence-electron chi connectivity index (χ4n) is 6.04. The van der Waals surface area contributed by atoms with E-state index in [1.807, 2.05) is 30.3 Å². The zero-order valence-electron chi connectivity index (χ0n) is 24.7. The molecule has 0 saturated carbocycles. The van der Waals surface area contributed by atoms with Gasteiger partial charge in [0.25, 0.3) is 21.6 Å². The fraction of sp³-hybridized carbons (Fsp3) is 0.176. The van der Waals surface area contributed by atoms with Gasteiger partial charge in [0.1, 0.15) is 18.0 Å². The van der Waals surface area contributed by atoms with Crippen LogP contribution in [0.5, 0.6) is 0 Å². The van der Waals surface area contributed by atoms with Crippen LogP contribution in [0.25, 0.3) is 0 Å². The van der Waals surface area contributed by atoms with E-state index in [0.717, 1.165) is 33.1 Å². The lowest BCUT2D eigenvalue weighted by Crippen LogP contribution is -2.40. The third kappa shape index (κ3) is 5.98. The van der Waals surface area contributed by atoms with Crippen LogP contribution in [0.3, 0.4) is 0 Å². The van der Waals surface area contributed by atoms with Crippen LogP contribution in [0.4, 0.5) is 21.5 Å². The quantitative estimate of drug-likeness (QED) is 0.0956. The predicted molar refractivity (Wildman–Crippen MR) is 174 cm³/mol. The molecule has 1 aliphatic heterocycles. The molecule has 0 radical (unpaired) electrons. The minimum Gasteiger partial charge on any atom is -0.378 e. The number of anilines is 2. The van der Waals surface area contributed by atoms with Gasteiger partial charge in [-0.2, -0.15) is 5.10 Å². The highest BCUT2D eigenvalue weighted by Gasteiger charge is 2.38. The summed E-state index contributed by atoms with van der Waals surface area (Å²) < 4.78 is 41.5. The van der Waals surface area contributed by atoms with E-state index in [4.69, 9.17) is 0 Å². The molecule has 2 aliphatic rings. The molecule has 1 heterocycles. The molecule has 0 spiro atoms. The number of carbonyl (C=O) groups is 1. The van der Waals surface area contributed by atoms with E-state index in [0.29, 0.717) is 5.71 Å². The van der Waals surface area contributed by atoms with E-state index in [1.54, 1.807) is 13.0 Å². The van der Waals surface area contributed by atoms with Crippen molar-refractivity contribution in [2.24, 2.45) is 11.0 Å². The van der Waals surface area contributed by atoms with E-state index in [1.165, 1.54) is 60.7 Å². The highest BCUT2D eigenvalue weighted by molar-refractivity contribution is 7.92. The Morgan fingerprint density at radius 1 is 1.04 bits per heavy atom. The summed E-state index contributed by atoms with van der Waals surface area (Å²) >= 11 is 0. The van der Waals surface area contributed by atoms with Crippen molar-refractivity contribution < 1.29 is 22.5 Å². The Morgan fingerprint density at radius 3 is 2.50 bits per heavy atom. The number of sulfonamides is 1. The number of hydrogen-bond donors (Lipinski definition) is 2. The number of nitro groups is 1. The number of para-hydroxylation sites is 2. The lowest BCUT2D eigenvalue weighted by molar-refractivity contribution is -0.384. The molecule has 4 aromatic carbocycles. The first kappa shape index (κ1) is 30.7. The van der Waals surface area contributed by atoms with Crippen molar-refractivity contribution in [2.75, 3.05) is 16.2 Å². The van der Waals surface area contributed by atoms with Gasteiger partial charge in [0, 0.05) is 17.7 Å². The summed E-state index contributed by atoms with van der Waals surface area (Å²) in [5, 5.41) is 19.6. The molecular formula is C34H30FN5O5S. The smallest absolute Gasteiger partial charge is 0.293 e. The average molecular weight is 640 g/mol. The molecule has 2 unspecified atom stereocenters. The maximum absolute atomic E-state index is 13.6. The number of halogens is 1. The Hall–Kier alpha value is -5.36.